The topological polar surface area (TPSA) is 6.48 Å². The molecule has 2 nitrogen and oxygen atoms in total. The van der Waals surface area contributed by atoms with Crippen LogP contribution in [0.5, 0.6) is 0 Å². The van der Waals surface area contributed by atoms with Gasteiger partial charge in [-0.2, -0.15) is 0 Å². The molecule has 0 N–H and O–H groups in total. The second-order valence-electron chi connectivity index (χ2n) is 3.91. The van der Waals surface area contributed by atoms with Crippen LogP contribution >= 0.6 is 0 Å². The van der Waals surface area contributed by atoms with E-state index in [4.69, 9.17) is 0 Å². The van der Waals surface area contributed by atoms with Gasteiger partial charge in [0.2, 0.25) is 9.12 Å². The standard InChI is InChI=1S/C10H24N2Si/c1-6-7-8-9-10-13(11(2)3)12(4)5/h9-10,13H,6-8H2,1-5H3. The van der Waals surface area contributed by atoms with E-state index in [0.29, 0.717) is 0 Å². The minimum Gasteiger partial charge on any atom is -0.317 e. The van der Waals surface area contributed by atoms with Crippen molar-refractivity contribution in [2.24, 2.45) is 0 Å². The van der Waals surface area contributed by atoms with Gasteiger partial charge in [-0.1, -0.05) is 31.5 Å². The van der Waals surface area contributed by atoms with Gasteiger partial charge in [-0.3, -0.25) is 0 Å². The van der Waals surface area contributed by atoms with Crippen LogP contribution in [0.4, 0.5) is 0 Å². The molecule has 0 heterocycles. The zero-order valence-corrected chi connectivity index (χ0v) is 10.9. The highest BCUT2D eigenvalue weighted by Gasteiger charge is 2.11. The maximum atomic E-state index is 2.41. The molecule has 3 heteroatoms. The Morgan fingerprint density at radius 2 is 1.62 bits per heavy atom. The monoisotopic (exact) mass is 200 g/mol. The van der Waals surface area contributed by atoms with E-state index in [2.05, 4.69) is 56.0 Å². The Morgan fingerprint density at radius 3 is 2.00 bits per heavy atom. The molecule has 0 saturated carbocycles. The van der Waals surface area contributed by atoms with E-state index in [0.717, 1.165) is 0 Å². The van der Waals surface area contributed by atoms with Gasteiger partial charge in [0.1, 0.15) is 0 Å². The molecule has 0 atom stereocenters. The lowest BCUT2D eigenvalue weighted by atomic mass is 10.2. The van der Waals surface area contributed by atoms with Gasteiger partial charge in [-0.25, -0.2) is 0 Å². The number of allylic oxidation sites excluding steroid dienone is 1. The van der Waals surface area contributed by atoms with Crippen LogP contribution in [0.15, 0.2) is 11.8 Å². The summed E-state index contributed by atoms with van der Waals surface area (Å²) in [5.74, 6) is 0. The lowest BCUT2D eigenvalue weighted by Gasteiger charge is -2.25. The summed E-state index contributed by atoms with van der Waals surface area (Å²) >= 11 is 0. The van der Waals surface area contributed by atoms with Gasteiger partial charge in [0.25, 0.3) is 0 Å². The molecule has 0 saturated heterocycles. The molecule has 0 rings (SSSR count). The Morgan fingerprint density at radius 1 is 1.08 bits per heavy atom. The Kier molecular flexibility index (Phi) is 7.23. The average Bonchev–Trinajstić information content (AvgIpc) is 2.02. The van der Waals surface area contributed by atoms with E-state index in [1.165, 1.54) is 19.3 Å². The molecule has 0 aromatic heterocycles. The van der Waals surface area contributed by atoms with Gasteiger partial charge in [-0.05, 0) is 34.6 Å². The second-order valence-corrected chi connectivity index (χ2v) is 7.19. The normalized spacial score (nSPS) is 12.6. The van der Waals surface area contributed by atoms with Crippen LogP contribution in [-0.2, 0) is 0 Å². The summed E-state index contributed by atoms with van der Waals surface area (Å²) in [6.45, 7) is 2.24. The van der Waals surface area contributed by atoms with Crippen LogP contribution in [0.1, 0.15) is 26.2 Å². The number of rotatable bonds is 6. The molecule has 0 aromatic rings. The zero-order chi connectivity index (χ0) is 10.3. The average molecular weight is 200 g/mol. The SMILES string of the molecule is CCCCC=C[SiH](N(C)C)N(C)C. The highest BCUT2D eigenvalue weighted by Crippen LogP contribution is 1.99. The maximum absolute atomic E-state index is 2.41. The molecule has 0 fully saturated rings. The fourth-order valence-corrected chi connectivity index (χ4v) is 3.39. The predicted octanol–water partition coefficient (Wildman–Crippen LogP) is 1.62. The lowest BCUT2D eigenvalue weighted by molar-refractivity contribution is 0.529. The molecule has 0 spiro atoms. The Bertz CT molecular complexity index is 136. The predicted molar refractivity (Wildman–Crippen MR) is 63.2 cm³/mol. The van der Waals surface area contributed by atoms with Crippen molar-refractivity contribution < 1.29 is 0 Å². The molecule has 0 unspecified atom stereocenters. The number of hydrogen-bond donors (Lipinski definition) is 0. The maximum Gasteiger partial charge on any atom is 0.214 e. The molecular weight excluding hydrogens is 176 g/mol. The van der Waals surface area contributed by atoms with Gasteiger partial charge in [0.15, 0.2) is 0 Å². The summed E-state index contributed by atoms with van der Waals surface area (Å²) in [6.07, 6.45) is 6.20. The first-order valence-corrected chi connectivity index (χ1v) is 6.79. The third kappa shape index (κ3) is 6.02. The fourth-order valence-electron chi connectivity index (χ4n) is 1.35. The Labute approximate surface area is 85.0 Å². The summed E-state index contributed by atoms with van der Waals surface area (Å²) in [6, 6.07) is 0. The van der Waals surface area contributed by atoms with Gasteiger partial charge in [-0.15, -0.1) is 0 Å². The number of nitrogens with zero attached hydrogens (tertiary/aromatic N) is 2. The molecule has 0 aromatic carbocycles. The van der Waals surface area contributed by atoms with Crippen LogP contribution in [0.3, 0.4) is 0 Å². The second kappa shape index (κ2) is 7.30. The van der Waals surface area contributed by atoms with E-state index >= 15 is 0 Å². The van der Waals surface area contributed by atoms with Crippen LogP contribution in [0.25, 0.3) is 0 Å². The van der Waals surface area contributed by atoms with Crippen molar-refractivity contribution in [2.75, 3.05) is 28.2 Å². The largest absolute Gasteiger partial charge is 0.317 e. The molecule has 0 bridgehead atoms. The number of hydrogen-bond acceptors (Lipinski definition) is 2. The van der Waals surface area contributed by atoms with E-state index in [-0.39, 0.29) is 0 Å². The molecule has 78 valence electrons. The van der Waals surface area contributed by atoms with Gasteiger partial charge >= 0.3 is 0 Å². The first-order valence-electron chi connectivity index (χ1n) is 5.09. The highest BCUT2D eigenvalue weighted by molar-refractivity contribution is 6.58. The first kappa shape index (κ1) is 12.9. The summed E-state index contributed by atoms with van der Waals surface area (Å²) in [4.78, 5) is 0. The molecule has 0 aliphatic rings. The van der Waals surface area contributed by atoms with E-state index in [1.807, 2.05) is 0 Å². The smallest absolute Gasteiger partial charge is 0.214 e. The molecular formula is C10H24N2Si. The number of unbranched alkanes of at least 4 members (excludes halogenated alkanes) is 2. The van der Waals surface area contributed by atoms with Crippen LogP contribution < -0.4 is 0 Å². The summed E-state index contributed by atoms with van der Waals surface area (Å²) in [7, 11) is 7.73. The van der Waals surface area contributed by atoms with Crippen LogP contribution in [-0.4, -0.2) is 46.4 Å². The fraction of sp³-hybridized carbons (Fsp3) is 0.800. The minimum absolute atomic E-state index is 0.937. The summed E-state index contributed by atoms with van der Waals surface area (Å²) < 4.78 is 4.70. The third-order valence-electron chi connectivity index (χ3n) is 2.09. The third-order valence-corrected chi connectivity index (χ3v) is 4.82. The van der Waals surface area contributed by atoms with Crippen molar-refractivity contribution in [3.63, 3.8) is 0 Å². The van der Waals surface area contributed by atoms with Crippen LogP contribution in [0.2, 0.25) is 0 Å². The van der Waals surface area contributed by atoms with Crippen molar-refractivity contribution >= 4 is 9.12 Å². The highest BCUT2D eigenvalue weighted by atomic mass is 28.3. The summed E-state index contributed by atoms with van der Waals surface area (Å²) in [5.41, 5.74) is 2.41. The van der Waals surface area contributed by atoms with E-state index in [9.17, 15) is 0 Å². The van der Waals surface area contributed by atoms with Gasteiger partial charge in [0, 0.05) is 0 Å². The molecule has 0 radical (unpaired) electrons. The molecule has 0 amide bonds. The summed E-state index contributed by atoms with van der Waals surface area (Å²) in [5, 5.41) is 0. The van der Waals surface area contributed by atoms with Gasteiger partial charge in [0.05, 0.1) is 0 Å². The van der Waals surface area contributed by atoms with Gasteiger partial charge < -0.3 is 9.13 Å². The minimum atomic E-state index is -0.937. The van der Waals surface area contributed by atoms with Crippen LogP contribution in [0, 0.1) is 0 Å². The Hall–Kier alpha value is -0.123. The quantitative estimate of drug-likeness (QED) is 0.475. The molecule has 13 heavy (non-hydrogen) atoms. The molecule has 0 aliphatic heterocycles. The lowest BCUT2D eigenvalue weighted by Crippen LogP contribution is -2.44. The van der Waals surface area contributed by atoms with Crippen molar-refractivity contribution in [3.8, 4) is 0 Å². The van der Waals surface area contributed by atoms with Crippen molar-refractivity contribution in [3.05, 3.63) is 11.8 Å². The first-order chi connectivity index (χ1) is 6.09. The van der Waals surface area contributed by atoms with E-state index in [1.54, 1.807) is 0 Å². The zero-order valence-electron chi connectivity index (χ0n) is 9.75. The van der Waals surface area contributed by atoms with Crippen molar-refractivity contribution in [2.45, 2.75) is 26.2 Å². The van der Waals surface area contributed by atoms with E-state index < -0.39 is 9.12 Å². The molecule has 0 aliphatic carbocycles. The Balaban J connectivity index is 3.87. The van der Waals surface area contributed by atoms with Crippen molar-refractivity contribution in [1.29, 1.82) is 0 Å². The van der Waals surface area contributed by atoms with Crippen molar-refractivity contribution in [1.82, 2.24) is 9.13 Å².